The number of imide groups is 1. The van der Waals surface area contributed by atoms with Gasteiger partial charge in [0.15, 0.2) is 0 Å². The van der Waals surface area contributed by atoms with E-state index in [4.69, 9.17) is 0 Å². The number of carbonyl (C=O) groups excluding carboxylic acids is 2. The predicted molar refractivity (Wildman–Crippen MR) is 114 cm³/mol. The smallest absolute Gasteiger partial charge is 0.328 e. The fraction of sp³-hybridized carbons (Fsp3) is 0.391. The van der Waals surface area contributed by atoms with Crippen molar-refractivity contribution >= 4 is 17.6 Å². The number of benzene rings is 2. The largest absolute Gasteiger partial charge is 0.343 e. The van der Waals surface area contributed by atoms with Crippen LogP contribution in [0.2, 0.25) is 0 Å². The predicted octanol–water partition coefficient (Wildman–Crippen LogP) is 2.26. The van der Waals surface area contributed by atoms with Crippen molar-refractivity contribution < 1.29 is 14.0 Å². The van der Waals surface area contributed by atoms with Gasteiger partial charge < -0.3 is 9.80 Å². The van der Waals surface area contributed by atoms with Crippen LogP contribution in [0.1, 0.15) is 12.5 Å². The number of hydrogen-bond donors (Lipinski definition) is 1. The molecule has 2 aromatic carbocycles. The lowest BCUT2D eigenvalue weighted by atomic mass is 10.0. The fourth-order valence-electron chi connectivity index (χ4n) is 4.96. The first-order valence-electron chi connectivity index (χ1n) is 10.6. The molecule has 3 aliphatic rings. The summed E-state index contributed by atoms with van der Waals surface area (Å²) in [6, 6.07) is 15.2. The molecule has 4 unspecified atom stereocenters. The first-order chi connectivity index (χ1) is 14.9. The molecule has 3 aliphatic heterocycles. The van der Waals surface area contributed by atoms with E-state index in [2.05, 4.69) is 22.0 Å². The molecule has 1 N–H and O–H groups in total. The molecule has 0 bridgehead atoms. The van der Waals surface area contributed by atoms with Crippen LogP contribution in [-0.2, 0) is 11.3 Å². The number of anilines is 1. The van der Waals surface area contributed by atoms with E-state index in [-0.39, 0.29) is 30.6 Å². The van der Waals surface area contributed by atoms with Crippen LogP contribution in [0, 0.1) is 11.7 Å². The molecule has 162 valence electrons. The molecule has 31 heavy (non-hydrogen) atoms. The Morgan fingerprint density at radius 3 is 2.45 bits per heavy atom. The number of likely N-dealkylation sites (N-methyl/N-ethyl adjacent to an activating group) is 1. The van der Waals surface area contributed by atoms with Crippen LogP contribution in [-0.4, -0.2) is 65.3 Å². The van der Waals surface area contributed by atoms with Gasteiger partial charge in [0.1, 0.15) is 24.3 Å². The van der Waals surface area contributed by atoms with Crippen molar-refractivity contribution in [3.05, 3.63) is 66.0 Å². The van der Waals surface area contributed by atoms with Crippen LogP contribution in [0.5, 0.6) is 0 Å². The lowest BCUT2D eigenvalue weighted by Crippen LogP contribution is -2.66. The number of nitrogens with zero attached hydrogens (tertiary/aromatic N) is 4. The van der Waals surface area contributed by atoms with E-state index in [9.17, 15) is 14.0 Å². The van der Waals surface area contributed by atoms with E-state index >= 15 is 0 Å². The summed E-state index contributed by atoms with van der Waals surface area (Å²) < 4.78 is 13.5. The van der Waals surface area contributed by atoms with Crippen molar-refractivity contribution in [2.24, 2.45) is 5.92 Å². The average Bonchev–Trinajstić information content (AvgIpc) is 3.15. The zero-order valence-corrected chi connectivity index (χ0v) is 17.6. The average molecular weight is 423 g/mol. The van der Waals surface area contributed by atoms with Crippen molar-refractivity contribution in [3.63, 3.8) is 0 Å². The molecule has 3 amide bonds. The fourth-order valence-corrected chi connectivity index (χ4v) is 4.96. The molecule has 5 rings (SSSR count). The monoisotopic (exact) mass is 423 g/mol. The minimum absolute atomic E-state index is 0.180. The van der Waals surface area contributed by atoms with Gasteiger partial charge in [0.25, 0.3) is 5.91 Å². The zero-order chi connectivity index (χ0) is 21.7. The third-order valence-electron chi connectivity index (χ3n) is 6.43. The highest BCUT2D eigenvalue weighted by Crippen LogP contribution is 2.34. The molecule has 2 aromatic rings. The first kappa shape index (κ1) is 20.0. The van der Waals surface area contributed by atoms with Crippen LogP contribution in [0.4, 0.5) is 14.9 Å². The number of amides is 3. The van der Waals surface area contributed by atoms with Gasteiger partial charge in [-0.05, 0) is 35.7 Å². The molecule has 0 spiro atoms. The summed E-state index contributed by atoms with van der Waals surface area (Å²) >= 11 is 0. The molecular weight excluding hydrogens is 397 g/mol. The summed E-state index contributed by atoms with van der Waals surface area (Å²) in [6.45, 7) is 3.91. The third-order valence-corrected chi connectivity index (χ3v) is 6.43. The van der Waals surface area contributed by atoms with Crippen LogP contribution >= 0.6 is 0 Å². The molecule has 3 saturated heterocycles. The maximum atomic E-state index is 13.5. The van der Waals surface area contributed by atoms with Gasteiger partial charge in [0.2, 0.25) is 0 Å². The second-order valence-corrected chi connectivity index (χ2v) is 8.66. The quantitative estimate of drug-likeness (QED) is 0.821. The maximum Gasteiger partial charge on any atom is 0.328 e. The van der Waals surface area contributed by atoms with Crippen LogP contribution in [0.25, 0.3) is 0 Å². The second-order valence-electron chi connectivity index (χ2n) is 8.66. The van der Waals surface area contributed by atoms with Gasteiger partial charge in [-0.25, -0.2) is 9.18 Å². The molecular formula is C23H26FN5O2. The van der Waals surface area contributed by atoms with Gasteiger partial charge in [0.05, 0.1) is 6.54 Å². The Bertz CT molecular complexity index is 985. The molecule has 4 atom stereocenters. The van der Waals surface area contributed by atoms with Crippen molar-refractivity contribution in [1.29, 1.82) is 0 Å². The Morgan fingerprint density at radius 1 is 1.03 bits per heavy atom. The van der Waals surface area contributed by atoms with Gasteiger partial charge in [-0.2, -0.15) is 0 Å². The molecule has 3 heterocycles. The van der Waals surface area contributed by atoms with Gasteiger partial charge in [-0.15, -0.1) is 0 Å². The summed E-state index contributed by atoms with van der Waals surface area (Å²) in [5.74, 6) is -0.156. The Balaban J connectivity index is 1.46. The van der Waals surface area contributed by atoms with Gasteiger partial charge in [0, 0.05) is 25.8 Å². The zero-order valence-electron chi connectivity index (χ0n) is 17.6. The number of fused-ring (bicyclic) bond motifs is 3. The normalized spacial score (nSPS) is 28.7. The van der Waals surface area contributed by atoms with Crippen LogP contribution < -0.4 is 10.2 Å². The Kier molecular flexibility index (Phi) is 4.91. The highest BCUT2D eigenvalue weighted by atomic mass is 19.1. The van der Waals surface area contributed by atoms with Gasteiger partial charge >= 0.3 is 6.03 Å². The van der Waals surface area contributed by atoms with E-state index in [1.54, 1.807) is 24.1 Å². The van der Waals surface area contributed by atoms with E-state index in [0.29, 0.717) is 5.92 Å². The van der Waals surface area contributed by atoms with Crippen LogP contribution in [0.3, 0.4) is 0 Å². The number of carbonyl (C=O) groups is 2. The first-order valence-corrected chi connectivity index (χ1v) is 10.6. The Labute approximate surface area is 181 Å². The number of halogens is 1. The summed E-state index contributed by atoms with van der Waals surface area (Å²) in [6.07, 6.45) is -0.655. The highest BCUT2D eigenvalue weighted by Gasteiger charge is 2.56. The van der Waals surface area contributed by atoms with Crippen molar-refractivity contribution in [2.45, 2.75) is 32.0 Å². The summed E-state index contributed by atoms with van der Waals surface area (Å²) in [5.41, 5.74) is 1.80. The van der Waals surface area contributed by atoms with Crippen molar-refractivity contribution in [1.82, 2.24) is 20.0 Å². The lowest BCUT2D eigenvalue weighted by Gasteiger charge is -2.46. The Morgan fingerprint density at radius 2 is 1.74 bits per heavy atom. The van der Waals surface area contributed by atoms with Gasteiger partial charge in [-0.3, -0.25) is 19.9 Å². The minimum Gasteiger partial charge on any atom is -0.343 e. The molecule has 0 aromatic heterocycles. The molecule has 7 nitrogen and oxygen atoms in total. The molecule has 3 fully saturated rings. The summed E-state index contributed by atoms with van der Waals surface area (Å²) in [5, 5.41) is 3.49. The van der Waals surface area contributed by atoms with E-state index < -0.39 is 12.2 Å². The SMILES string of the molecule is CC1CN(c2ccc(F)cc2)C2NC3C(C(=O)N(Cc4ccccc4)C(=O)N3C)N2C1. The number of hydrogen-bond acceptors (Lipinski definition) is 5. The second kappa shape index (κ2) is 7.62. The summed E-state index contributed by atoms with van der Waals surface area (Å²) in [4.78, 5) is 33.9. The molecule has 0 saturated carbocycles. The summed E-state index contributed by atoms with van der Waals surface area (Å²) in [7, 11) is 1.74. The maximum absolute atomic E-state index is 13.5. The van der Waals surface area contributed by atoms with E-state index in [0.717, 1.165) is 24.3 Å². The lowest BCUT2D eigenvalue weighted by molar-refractivity contribution is -0.139. The number of rotatable bonds is 3. The highest BCUT2D eigenvalue weighted by molar-refractivity contribution is 6.00. The standard InChI is InChI=1S/C23H26FN5O2/c1-15-12-27(18-10-8-17(24)9-11-18)22-25-20-19(28(22)13-15)21(30)29(23(31)26(20)2)14-16-6-4-3-5-7-16/h3-11,15,19-20,22,25H,12-14H2,1-2H3. The Hall–Kier alpha value is -2.97. The molecule has 0 aliphatic carbocycles. The van der Waals surface area contributed by atoms with E-state index in [1.807, 2.05) is 30.3 Å². The molecule has 0 radical (unpaired) electrons. The molecule has 8 heteroatoms. The topological polar surface area (TPSA) is 59.1 Å². The minimum atomic E-state index is -0.470. The van der Waals surface area contributed by atoms with E-state index in [1.165, 1.54) is 17.0 Å². The van der Waals surface area contributed by atoms with Gasteiger partial charge in [-0.1, -0.05) is 37.3 Å². The van der Waals surface area contributed by atoms with Crippen molar-refractivity contribution in [3.8, 4) is 0 Å². The third kappa shape index (κ3) is 3.36. The number of urea groups is 1. The van der Waals surface area contributed by atoms with Crippen molar-refractivity contribution in [2.75, 3.05) is 25.0 Å². The number of nitrogens with one attached hydrogen (secondary N) is 1. The van der Waals surface area contributed by atoms with Crippen LogP contribution in [0.15, 0.2) is 54.6 Å².